The molecule has 2 aromatic rings. The summed E-state index contributed by atoms with van der Waals surface area (Å²) < 4.78 is 11.1. The van der Waals surface area contributed by atoms with Gasteiger partial charge in [-0.2, -0.15) is 0 Å². The Balaban J connectivity index is 1.88. The van der Waals surface area contributed by atoms with Gasteiger partial charge in [-0.05, 0) is 45.2 Å². The van der Waals surface area contributed by atoms with E-state index in [0.717, 1.165) is 28.5 Å². The van der Waals surface area contributed by atoms with Crippen molar-refractivity contribution in [2.24, 2.45) is 0 Å². The first kappa shape index (κ1) is 16.6. The van der Waals surface area contributed by atoms with Gasteiger partial charge in [0.05, 0.1) is 18.8 Å². The largest absolute Gasteiger partial charge is 0.464 e. The fourth-order valence-corrected chi connectivity index (χ4v) is 2.38. The Morgan fingerprint density at radius 2 is 2.09 bits per heavy atom. The average Bonchev–Trinajstić information content (AvgIpc) is 2.86. The predicted molar refractivity (Wildman–Crippen MR) is 88.1 cm³/mol. The van der Waals surface area contributed by atoms with Crippen molar-refractivity contribution in [3.05, 3.63) is 35.1 Å². The van der Waals surface area contributed by atoms with E-state index in [2.05, 4.69) is 18.3 Å². The first-order chi connectivity index (χ1) is 10.5. The van der Waals surface area contributed by atoms with Crippen LogP contribution in [0, 0.1) is 13.8 Å². The minimum atomic E-state index is 0.0190. The molecule has 1 amide bonds. The third-order valence-corrected chi connectivity index (χ3v) is 3.79. The number of hydrogen-bond donors (Lipinski definition) is 1. The molecular weight excluding hydrogens is 278 g/mol. The molecule has 22 heavy (non-hydrogen) atoms. The van der Waals surface area contributed by atoms with Gasteiger partial charge in [0.15, 0.2) is 0 Å². The summed E-state index contributed by atoms with van der Waals surface area (Å²) in [4.78, 5) is 12.0. The summed E-state index contributed by atoms with van der Waals surface area (Å²) in [5.41, 5.74) is 4.15. The Bertz CT molecular complexity index is 643. The predicted octanol–water partition coefficient (Wildman–Crippen LogP) is 3.52. The molecule has 4 heteroatoms. The fraction of sp³-hybridized carbons (Fsp3) is 0.500. The number of amides is 1. The van der Waals surface area contributed by atoms with Crippen LogP contribution in [0.25, 0.3) is 11.0 Å². The van der Waals surface area contributed by atoms with Crippen molar-refractivity contribution in [3.8, 4) is 0 Å². The first-order valence-electron chi connectivity index (χ1n) is 7.83. The van der Waals surface area contributed by atoms with Crippen LogP contribution in [0.3, 0.4) is 0 Å². The van der Waals surface area contributed by atoms with E-state index in [1.54, 1.807) is 6.26 Å². The molecule has 0 fully saturated rings. The summed E-state index contributed by atoms with van der Waals surface area (Å²) in [6.07, 6.45) is 3.10. The maximum absolute atomic E-state index is 12.0. The lowest BCUT2D eigenvalue weighted by molar-refractivity contribution is -0.120. The highest BCUT2D eigenvalue weighted by molar-refractivity contribution is 5.89. The van der Waals surface area contributed by atoms with Crippen LogP contribution in [0.2, 0.25) is 0 Å². The van der Waals surface area contributed by atoms with E-state index in [4.69, 9.17) is 9.15 Å². The second-order valence-electron chi connectivity index (χ2n) is 5.94. The van der Waals surface area contributed by atoms with E-state index in [0.29, 0.717) is 19.6 Å². The molecule has 120 valence electrons. The van der Waals surface area contributed by atoms with Gasteiger partial charge >= 0.3 is 0 Å². The lowest BCUT2D eigenvalue weighted by Gasteiger charge is -2.08. The van der Waals surface area contributed by atoms with Crippen LogP contribution in [0.1, 0.15) is 37.0 Å². The van der Waals surface area contributed by atoms with Gasteiger partial charge < -0.3 is 14.5 Å². The third-order valence-electron chi connectivity index (χ3n) is 3.79. The minimum Gasteiger partial charge on any atom is -0.464 e. The molecule has 1 N–H and O–H groups in total. The average molecular weight is 303 g/mol. The van der Waals surface area contributed by atoms with Gasteiger partial charge in [-0.1, -0.05) is 12.1 Å². The molecule has 0 radical (unpaired) electrons. The lowest BCUT2D eigenvalue weighted by Crippen LogP contribution is -2.27. The molecule has 0 saturated heterocycles. The van der Waals surface area contributed by atoms with E-state index in [9.17, 15) is 4.79 Å². The topological polar surface area (TPSA) is 51.5 Å². The molecular formula is C18H25NO3. The summed E-state index contributed by atoms with van der Waals surface area (Å²) >= 11 is 0. The molecule has 1 aromatic heterocycles. The normalized spacial score (nSPS) is 11.3. The van der Waals surface area contributed by atoms with Gasteiger partial charge in [-0.15, -0.1) is 0 Å². The molecule has 0 spiro atoms. The summed E-state index contributed by atoms with van der Waals surface area (Å²) in [5.74, 6) is 0.0190. The Morgan fingerprint density at radius 1 is 1.32 bits per heavy atom. The highest BCUT2D eigenvalue weighted by atomic mass is 16.5. The van der Waals surface area contributed by atoms with Crippen molar-refractivity contribution < 1.29 is 13.9 Å². The summed E-state index contributed by atoms with van der Waals surface area (Å²) in [6, 6.07) is 4.10. The number of benzene rings is 1. The monoisotopic (exact) mass is 303 g/mol. The second-order valence-corrected chi connectivity index (χ2v) is 5.94. The van der Waals surface area contributed by atoms with Crippen LogP contribution in [0.4, 0.5) is 0 Å². The zero-order valence-electron chi connectivity index (χ0n) is 13.9. The Morgan fingerprint density at radius 3 is 2.82 bits per heavy atom. The van der Waals surface area contributed by atoms with Gasteiger partial charge in [0.1, 0.15) is 5.58 Å². The molecule has 0 aliphatic carbocycles. The van der Waals surface area contributed by atoms with E-state index in [1.165, 1.54) is 5.56 Å². The number of aryl methyl sites for hydroxylation is 2. The molecule has 0 atom stereocenters. The molecule has 0 aliphatic rings. The number of nitrogens with one attached hydrogen (secondary N) is 1. The van der Waals surface area contributed by atoms with Gasteiger partial charge in [0.2, 0.25) is 5.91 Å². The van der Waals surface area contributed by atoms with E-state index >= 15 is 0 Å². The van der Waals surface area contributed by atoms with Crippen LogP contribution in [-0.4, -0.2) is 25.2 Å². The summed E-state index contributed by atoms with van der Waals surface area (Å²) in [6.45, 7) is 9.42. The number of rotatable bonds is 7. The highest BCUT2D eigenvalue weighted by Crippen LogP contribution is 2.26. The van der Waals surface area contributed by atoms with Crippen molar-refractivity contribution in [3.63, 3.8) is 0 Å². The molecule has 0 saturated carbocycles. The standard InChI is InChI=1S/C18H25NO3/c1-12(2)21-9-5-8-19-17(20)10-15-11-22-18-14(4)13(3)6-7-16(15)18/h6-7,11-12H,5,8-10H2,1-4H3,(H,19,20). The van der Waals surface area contributed by atoms with E-state index < -0.39 is 0 Å². The van der Waals surface area contributed by atoms with Crippen molar-refractivity contribution in [1.29, 1.82) is 0 Å². The van der Waals surface area contributed by atoms with Gasteiger partial charge in [-0.3, -0.25) is 4.79 Å². The SMILES string of the molecule is Cc1ccc2c(CC(=O)NCCCOC(C)C)coc2c1C. The molecule has 0 unspecified atom stereocenters. The van der Waals surface area contributed by atoms with Crippen molar-refractivity contribution in [2.45, 2.75) is 46.6 Å². The molecule has 1 heterocycles. The zero-order valence-corrected chi connectivity index (χ0v) is 13.9. The number of fused-ring (bicyclic) bond motifs is 1. The third kappa shape index (κ3) is 4.10. The Hall–Kier alpha value is -1.81. The number of furan rings is 1. The highest BCUT2D eigenvalue weighted by Gasteiger charge is 2.12. The molecule has 2 rings (SSSR count). The first-order valence-corrected chi connectivity index (χ1v) is 7.83. The van der Waals surface area contributed by atoms with Gasteiger partial charge in [0, 0.05) is 24.1 Å². The minimum absolute atomic E-state index is 0.0190. The van der Waals surface area contributed by atoms with Crippen LogP contribution in [0.15, 0.2) is 22.8 Å². The smallest absolute Gasteiger partial charge is 0.224 e. The number of ether oxygens (including phenoxy) is 1. The number of hydrogen-bond acceptors (Lipinski definition) is 3. The van der Waals surface area contributed by atoms with Gasteiger partial charge in [-0.25, -0.2) is 0 Å². The Labute approximate surface area is 131 Å². The molecule has 1 aromatic carbocycles. The van der Waals surface area contributed by atoms with Crippen molar-refractivity contribution in [2.75, 3.05) is 13.2 Å². The number of carbonyl (C=O) groups is 1. The number of carbonyl (C=O) groups excluding carboxylic acids is 1. The molecule has 0 aliphatic heterocycles. The van der Waals surface area contributed by atoms with E-state index in [1.807, 2.05) is 26.8 Å². The van der Waals surface area contributed by atoms with Crippen LogP contribution in [-0.2, 0) is 16.0 Å². The zero-order chi connectivity index (χ0) is 16.1. The summed E-state index contributed by atoms with van der Waals surface area (Å²) in [7, 11) is 0. The Kier molecular flexibility index (Phi) is 5.61. The van der Waals surface area contributed by atoms with Gasteiger partial charge in [0.25, 0.3) is 0 Å². The molecule has 4 nitrogen and oxygen atoms in total. The second kappa shape index (κ2) is 7.45. The van der Waals surface area contributed by atoms with Crippen LogP contribution < -0.4 is 5.32 Å². The maximum Gasteiger partial charge on any atom is 0.224 e. The van der Waals surface area contributed by atoms with Crippen molar-refractivity contribution in [1.82, 2.24) is 5.32 Å². The summed E-state index contributed by atoms with van der Waals surface area (Å²) in [5, 5.41) is 3.95. The lowest BCUT2D eigenvalue weighted by atomic mass is 10.0. The van der Waals surface area contributed by atoms with Crippen LogP contribution >= 0.6 is 0 Å². The molecule has 0 bridgehead atoms. The maximum atomic E-state index is 12.0. The quantitative estimate of drug-likeness (QED) is 0.796. The fourth-order valence-electron chi connectivity index (χ4n) is 2.38. The van der Waals surface area contributed by atoms with E-state index in [-0.39, 0.29) is 12.0 Å². The van der Waals surface area contributed by atoms with Crippen molar-refractivity contribution >= 4 is 16.9 Å². The van der Waals surface area contributed by atoms with Crippen LogP contribution in [0.5, 0.6) is 0 Å².